The summed E-state index contributed by atoms with van der Waals surface area (Å²) in [5.41, 5.74) is 1.09. The second-order valence-electron chi connectivity index (χ2n) is 4.62. The molecule has 17 heavy (non-hydrogen) atoms. The predicted octanol–water partition coefficient (Wildman–Crippen LogP) is 2.68. The van der Waals surface area contributed by atoms with Crippen LogP contribution < -0.4 is 0 Å². The maximum Gasteiger partial charge on any atom is 0.207 e. The fraction of sp³-hybridized carbons (Fsp3) is 0.286. The minimum atomic E-state index is -0.448. The summed E-state index contributed by atoms with van der Waals surface area (Å²) in [5, 5.41) is 0.541. The summed E-state index contributed by atoms with van der Waals surface area (Å²) < 4.78 is 0. The minimum absolute atomic E-state index is 0.0592. The summed E-state index contributed by atoms with van der Waals surface area (Å²) in [6, 6.07) is 9.82. The van der Waals surface area contributed by atoms with Crippen LogP contribution in [0.3, 0.4) is 0 Å². The normalized spacial score (nSPS) is 31.6. The molecule has 1 unspecified atom stereocenters. The molecule has 3 aliphatic carbocycles. The molecule has 86 valence electrons. The molecule has 1 aromatic rings. The molecule has 0 amide bonds. The number of carbonyl (C=O) groups excluding carboxylic acids is 2. The number of allylic oxidation sites excluding steroid dienone is 2. The molecule has 1 aromatic carbocycles. The Morgan fingerprint density at radius 1 is 1.06 bits per heavy atom. The summed E-state index contributed by atoms with van der Waals surface area (Å²) in [7, 11) is 0. The van der Waals surface area contributed by atoms with Gasteiger partial charge in [-0.25, -0.2) is 0 Å². The summed E-state index contributed by atoms with van der Waals surface area (Å²) in [4.78, 5) is 23.6. The second kappa shape index (κ2) is 3.81. The van der Waals surface area contributed by atoms with E-state index < -0.39 is 5.92 Å². The van der Waals surface area contributed by atoms with Crippen molar-refractivity contribution in [2.45, 2.75) is 12.3 Å². The van der Waals surface area contributed by atoms with Crippen molar-refractivity contribution in [3.63, 3.8) is 0 Å². The molecule has 1 fully saturated rings. The van der Waals surface area contributed by atoms with Crippen molar-refractivity contribution in [2.24, 2.45) is 11.8 Å². The predicted molar refractivity (Wildman–Crippen MR) is 64.7 cm³/mol. The lowest BCUT2D eigenvalue weighted by molar-refractivity contribution is -0.143. The highest BCUT2D eigenvalue weighted by Crippen LogP contribution is 2.47. The summed E-state index contributed by atoms with van der Waals surface area (Å²) in [5.74, 6) is -1.29. The highest BCUT2D eigenvalue weighted by molar-refractivity contribution is 6.45. The van der Waals surface area contributed by atoms with Crippen LogP contribution in [0.5, 0.6) is 0 Å². The highest BCUT2D eigenvalue weighted by Gasteiger charge is 2.48. The summed E-state index contributed by atoms with van der Waals surface area (Å²) in [6.45, 7) is 0. The Labute approximate surface area is 104 Å². The van der Waals surface area contributed by atoms with Gasteiger partial charge in [-0.15, -0.1) is 0 Å². The van der Waals surface area contributed by atoms with Crippen molar-refractivity contribution < 1.29 is 9.59 Å². The fourth-order valence-electron chi connectivity index (χ4n) is 2.82. The fourth-order valence-corrected chi connectivity index (χ4v) is 3.22. The summed E-state index contributed by atoms with van der Waals surface area (Å²) >= 11 is 6.11. The van der Waals surface area contributed by atoms with E-state index in [1.54, 1.807) is 6.08 Å². The van der Waals surface area contributed by atoms with Crippen molar-refractivity contribution >= 4 is 23.2 Å². The topological polar surface area (TPSA) is 34.1 Å². The van der Waals surface area contributed by atoms with E-state index in [1.807, 2.05) is 30.3 Å². The highest BCUT2D eigenvalue weighted by atomic mass is 35.5. The molecular formula is C14H11ClO2. The molecule has 4 rings (SSSR count). The van der Waals surface area contributed by atoms with Crippen LogP contribution in [0.25, 0.3) is 0 Å². The molecule has 3 heteroatoms. The molecule has 0 radical (unpaired) electrons. The minimum Gasteiger partial charge on any atom is -0.290 e. The van der Waals surface area contributed by atoms with E-state index in [9.17, 15) is 9.59 Å². The second-order valence-corrected chi connectivity index (χ2v) is 5.05. The first-order valence-corrected chi connectivity index (χ1v) is 6.06. The number of halogens is 1. The first-order chi connectivity index (χ1) is 8.18. The van der Waals surface area contributed by atoms with Crippen molar-refractivity contribution in [2.75, 3.05) is 0 Å². The Kier molecular flexibility index (Phi) is 2.40. The first kappa shape index (κ1) is 10.7. The van der Waals surface area contributed by atoms with E-state index in [-0.39, 0.29) is 23.4 Å². The standard InChI is InChI=1S/C14H11ClO2/c15-11-7-9-6-10(8-4-2-1-3-5-8)12(11)14(17)13(9)16/h1-5,7,9-10,12H,6H2/t9-,10?,12-/m0/s1. The van der Waals surface area contributed by atoms with Gasteiger partial charge in [-0.3, -0.25) is 9.59 Å². The molecule has 0 N–H and O–H groups in total. The Hall–Kier alpha value is -1.41. The lowest BCUT2D eigenvalue weighted by Gasteiger charge is -2.37. The third kappa shape index (κ3) is 1.55. The van der Waals surface area contributed by atoms with Crippen LogP contribution >= 0.6 is 11.6 Å². The summed E-state index contributed by atoms with van der Waals surface area (Å²) in [6.07, 6.45) is 2.45. The molecular weight excluding hydrogens is 236 g/mol. The van der Waals surface area contributed by atoms with Gasteiger partial charge in [0, 0.05) is 16.9 Å². The first-order valence-electron chi connectivity index (χ1n) is 5.68. The maximum atomic E-state index is 11.9. The Bertz CT molecular complexity index is 518. The molecule has 3 atom stereocenters. The zero-order valence-corrected chi connectivity index (χ0v) is 9.85. The zero-order valence-electron chi connectivity index (χ0n) is 9.10. The van der Waals surface area contributed by atoms with Gasteiger partial charge >= 0.3 is 0 Å². The molecule has 0 aliphatic heterocycles. The molecule has 0 spiro atoms. The van der Waals surface area contributed by atoms with Gasteiger partial charge < -0.3 is 0 Å². The van der Waals surface area contributed by atoms with Crippen LogP contribution in [0.2, 0.25) is 0 Å². The Morgan fingerprint density at radius 3 is 2.41 bits per heavy atom. The lowest BCUT2D eigenvalue weighted by Crippen LogP contribution is -2.43. The van der Waals surface area contributed by atoms with Crippen molar-refractivity contribution in [1.82, 2.24) is 0 Å². The van der Waals surface area contributed by atoms with E-state index in [2.05, 4.69) is 0 Å². The number of Topliss-reactive ketones (excluding diaryl/α,β-unsaturated/α-hetero) is 2. The zero-order chi connectivity index (χ0) is 12.0. The van der Waals surface area contributed by atoms with Gasteiger partial charge in [-0.05, 0) is 12.0 Å². The molecule has 0 heterocycles. The van der Waals surface area contributed by atoms with Gasteiger partial charge in [0.2, 0.25) is 11.6 Å². The van der Waals surface area contributed by atoms with E-state index in [0.717, 1.165) is 5.56 Å². The van der Waals surface area contributed by atoms with E-state index in [0.29, 0.717) is 11.5 Å². The van der Waals surface area contributed by atoms with E-state index in [4.69, 9.17) is 11.6 Å². The average Bonchev–Trinajstić information content (AvgIpc) is 2.35. The third-order valence-electron chi connectivity index (χ3n) is 3.66. The van der Waals surface area contributed by atoms with Crippen LogP contribution in [0.1, 0.15) is 17.9 Å². The monoisotopic (exact) mass is 246 g/mol. The quantitative estimate of drug-likeness (QED) is 0.714. The van der Waals surface area contributed by atoms with Gasteiger partial charge in [0.25, 0.3) is 0 Å². The van der Waals surface area contributed by atoms with Crippen LogP contribution in [-0.2, 0) is 9.59 Å². The van der Waals surface area contributed by atoms with Crippen LogP contribution in [0.4, 0.5) is 0 Å². The number of benzene rings is 1. The number of rotatable bonds is 1. The number of ketones is 2. The number of hydrogen-bond donors (Lipinski definition) is 0. The van der Waals surface area contributed by atoms with Crippen LogP contribution in [0, 0.1) is 11.8 Å². The number of hydrogen-bond acceptors (Lipinski definition) is 2. The molecule has 0 aromatic heterocycles. The maximum absolute atomic E-state index is 11.9. The smallest absolute Gasteiger partial charge is 0.207 e. The van der Waals surface area contributed by atoms with Crippen molar-refractivity contribution in [3.05, 3.63) is 47.0 Å². The molecule has 2 bridgehead atoms. The van der Waals surface area contributed by atoms with Gasteiger partial charge in [0.1, 0.15) is 0 Å². The number of carbonyl (C=O) groups is 2. The Morgan fingerprint density at radius 2 is 1.76 bits per heavy atom. The lowest BCUT2D eigenvalue weighted by atomic mass is 9.65. The van der Waals surface area contributed by atoms with Gasteiger partial charge in [-0.2, -0.15) is 0 Å². The number of fused-ring (bicyclic) bond motifs is 2. The molecule has 3 aliphatic rings. The van der Waals surface area contributed by atoms with Crippen molar-refractivity contribution in [3.8, 4) is 0 Å². The largest absolute Gasteiger partial charge is 0.290 e. The molecule has 2 nitrogen and oxygen atoms in total. The van der Waals surface area contributed by atoms with Crippen molar-refractivity contribution in [1.29, 1.82) is 0 Å². The van der Waals surface area contributed by atoms with Crippen LogP contribution in [-0.4, -0.2) is 11.6 Å². The Balaban J connectivity index is 2.04. The van der Waals surface area contributed by atoms with Gasteiger partial charge in [0.15, 0.2) is 0 Å². The SMILES string of the molecule is O=C1C(=O)[C@@H]2C=C(Cl)[C@@H]1C(c1ccccc1)C2. The van der Waals surface area contributed by atoms with Gasteiger partial charge in [-0.1, -0.05) is 48.0 Å². The third-order valence-corrected chi connectivity index (χ3v) is 4.02. The van der Waals surface area contributed by atoms with Gasteiger partial charge in [0.05, 0.1) is 5.92 Å². The average molecular weight is 247 g/mol. The molecule has 0 saturated heterocycles. The van der Waals surface area contributed by atoms with E-state index >= 15 is 0 Å². The van der Waals surface area contributed by atoms with Crippen LogP contribution in [0.15, 0.2) is 41.4 Å². The molecule has 1 saturated carbocycles. The van der Waals surface area contributed by atoms with E-state index in [1.165, 1.54) is 0 Å².